The lowest BCUT2D eigenvalue weighted by atomic mass is 9.90. The Bertz CT molecular complexity index is 1670. The molecule has 0 bridgehead atoms. The van der Waals surface area contributed by atoms with Gasteiger partial charge in [-0.15, -0.1) is 0 Å². The van der Waals surface area contributed by atoms with Crippen molar-refractivity contribution in [1.29, 1.82) is 0 Å². The molecule has 0 aliphatic heterocycles. The molecule has 5 aromatic carbocycles. The van der Waals surface area contributed by atoms with E-state index >= 15 is 0 Å². The molecule has 0 saturated carbocycles. The van der Waals surface area contributed by atoms with Gasteiger partial charge in [0.1, 0.15) is 0 Å². The summed E-state index contributed by atoms with van der Waals surface area (Å²) in [7, 11) is 0. The Hall–Kier alpha value is -4.18. The van der Waals surface area contributed by atoms with Gasteiger partial charge in [0.2, 0.25) is 0 Å². The molecule has 0 unspecified atom stereocenters. The van der Waals surface area contributed by atoms with E-state index in [0.29, 0.717) is 16.3 Å². The van der Waals surface area contributed by atoms with Crippen LogP contribution < -0.4 is 0 Å². The lowest BCUT2D eigenvalue weighted by Crippen LogP contribution is -2.09. The smallest absolute Gasteiger partial charge is 0.243 e. The SMILES string of the molecule is FC(F)(F)c1nc2ccc(-c3ccccc3)cc2c2c1cc(-c1ccccc1)c1ccccc12. The highest BCUT2D eigenvalue weighted by Gasteiger charge is 2.36. The molecule has 0 amide bonds. The molecule has 34 heavy (non-hydrogen) atoms. The van der Waals surface area contributed by atoms with Gasteiger partial charge in [0, 0.05) is 16.2 Å². The molecule has 0 aliphatic rings. The summed E-state index contributed by atoms with van der Waals surface area (Å²) in [5, 5.41) is 3.09. The van der Waals surface area contributed by atoms with Crippen molar-refractivity contribution in [1.82, 2.24) is 4.98 Å². The van der Waals surface area contributed by atoms with Crippen LogP contribution in [0.2, 0.25) is 0 Å². The largest absolute Gasteiger partial charge is 0.433 e. The number of hydrogen-bond donors (Lipinski definition) is 0. The molecule has 0 atom stereocenters. The van der Waals surface area contributed by atoms with Gasteiger partial charge in [-0.25, -0.2) is 4.98 Å². The van der Waals surface area contributed by atoms with Crippen LogP contribution in [0, 0.1) is 0 Å². The second-order valence-corrected chi connectivity index (χ2v) is 8.31. The van der Waals surface area contributed by atoms with Crippen LogP contribution in [0.4, 0.5) is 13.2 Å². The molecule has 1 heterocycles. The van der Waals surface area contributed by atoms with Gasteiger partial charge >= 0.3 is 6.18 Å². The molecule has 0 radical (unpaired) electrons. The van der Waals surface area contributed by atoms with Gasteiger partial charge in [0.15, 0.2) is 5.69 Å². The van der Waals surface area contributed by atoms with Gasteiger partial charge in [-0.3, -0.25) is 0 Å². The second-order valence-electron chi connectivity index (χ2n) is 8.31. The maximum atomic E-state index is 14.3. The Morgan fingerprint density at radius 3 is 1.79 bits per heavy atom. The maximum absolute atomic E-state index is 14.3. The standard InChI is InChI=1S/C30H18F3N/c31-30(32,33)29-26-18-24(20-11-5-2-6-12-20)22-13-7-8-14-23(22)28(26)25-17-21(15-16-27(25)34-29)19-9-3-1-4-10-19/h1-18H. The van der Waals surface area contributed by atoms with Crippen LogP contribution in [0.15, 0.2) is 109 Å². The minimum Gasteiger partial charge on any atom is -0.243 e. The lowest BCUT2D eigenvalue weighted by molar-refractivity contribution is -0.139. The number of aromatic nitrogens is 1. The third-order valence-corrected chi connectivity index (χ3v) is 6.26. The van der Waals surface area contributed by atoms with Crippen molar-refractivity contribution in [2.75, 3.05) is 0 Å². The number of hydrogen-bond acceptors (Lipinski definition) is 1. The fourth-order valence-electron chi connectivity index (χ4n) is 4.75. The van der Waals surface area contributed by atoms with Crippen molar-refractivity contribution < 1.29 is 13.2 Å². The zero-order valence-electron chi connectivity index (χ0n) is 18.0. The summed E-state index contributed by atoms with van der Waals surface area (Å²) in [5.74, 6) is 0. The summed E-state index contributed by atoms with van der Waals surface area (Å²) in [6.07, 6.45) is -4.58. The van der Waals surface area contributed by atoms with Crippen molar-refractivity contribution >= 4 is 32.4 Å². The van der Waals surface area contributed by atoms with E-state index in [-0.39, 0.29) is 5.39 Å². The molecule has 0 spiro atoms. The van der Waals surface area contributed by atoms with Gasteiger partial charge in [-0.05, 0) is 51.2 Å². The first-order chi connectivity index (χ1) is 16.5. The molecular weight excluding hydrogens is 431 g/mol. The fraction of sp³-hybridized carbons (Fsp3) is 0.0333. The number of pyridine rings is 1. The molecule has 0 aliphatic carbocycles. The summed E-state index contributed by atoms with van der Waals surface area (Å²) in [6.45, 7) is 0. The van der Waals surface area contributed by atoms with Crippen molar-refractivity contribution in [3.63, 3.8) is 0 Å². The average Bonchev–Trinajstić information content (AvgIpc) is 2.87. The van der Waals surface area contributed by atoms with Crippen LogP contribution in [-0.4, -0.2) is 4.98 Å². The van der Waals surface area contributed by atoms with Crippen molar-refractivity contribution in [3.8, 4) is 22.3 Å². The monoisotopic (exact) mass is 449 g/mol. The predicted molar refractivity (Wildman–Crippen MR) is 133 cm³/mol. The Morgan fingerprint density at radius 1 is 0.500 bits per heavy atom. The zero-order valence-corrected chi connectivity index (χ0v) is 18.0. The van der Waals surface area contributed by atoms with E-state index in [0.717, 1.165) is 33.0 Å². The van der Waals surface area contributed by atoms with Gasteiger partial charge in [0.25, 0.3) is 0 Å². The molecule has 4 heteroatoms. The van der Waals surface area contributed by atoms with E-state index in [2.05, 4.69) is 4.98 Å². The fourth-order valence-corrected chi connectivity index (χ4v) is 4.75. The molecule has 164 valence electrons. The van der Waals surface area contributed by atoms with Crippen LogP contribution in [0.5, 0.6) is 0 Å². The summed E-state index contributed by atoms with van der Waals surface area (Å²) in [4.78, 5) is 4.13. The van der Waals surface area contributed by atoms with E-state index in [1.54, 1.807) is 12.1 Å². The van der Waals surface area contributed by atoms with Gasteiger partial charge in [-0.2, -0.15) is 13.2 Å². The normalized spacial score (nSPS) is 12.0. The Balaban J connectivity index is 1.81. The second kappa shape index (κ2) is 7.70. The molecule has 1 nitrogen and oxygen atoms in total. The molecule has 0 N–H and O–H groups in total. The van der Waals surface area contributed by atoms with Crippen LogP contribution in [0.3, 0.4) is 0 Å². The van der Waals surface area contributed by atoms with E-state index in [9.17, 15) is 13.2 Å². The van der Waals surface area contributed by atoms with E-state index in [1.807, 2.05) is 97.1 Å². The van der Waals surface area contributed by atoms with E-state index < -0.39 is 11.9 Å². The maximum Gasteiger partial charge on any atom is 0.433 e. The minimum absolute atomic E-state index is 0.114. The quantitative estimate of drug-likeness (QED) is 0.241. The number of benzene rings is 5. The number of rotatable bonds is 2. The first kappa shape index (κ1) is 20.4. The highest BCUT2D eigenvalue weighted by atomic mass is 19.4. The van der Waals surface area contributed by atoms with E-state index in [4.69, 9.17) is 0 Å². The lowest BCUT2D eigenvalue weighted by Gasteiger charge is -2.17. The molecular formula is C30H18F3N. The van der Waals surface area contributed by atoms with Crippen LogP contribution >= 0.6 is 0 Å². The Labute approximate surface area is 194 Å². The van der Waals surface area contributed by atoms with E-state index in [1.165, 1.54) is 0 Å². The predicted octanol–water partition coefficient (Wildman–Crippen LogP) is 8.89. The molecule has 6 rings (SSSR count). The van der Waals surface area contributed by atoms with Crippen molar-refractivity contribution in [2.45, 2.75) is 6.18 Å². The van der Waals surface area contributed by atoms with Crippen molar-refractivity contribution in [2.24, 2.45) is 0 Å². The van der Waals surface area contributed by atoms with Crippen LogP contribution in [-0.2, 0) is 6.18 Å². The van der Waals surface area contributed by atoms with Crippen LogP contribution in [0.25, 0.3) is 54.7 Å². The summed E-state index contributed by atoms with van der Waals surface area (Å²) in [5.41, 5.74) is 3.04. The van der Waals surface area contributed by atoms with Crippen LogP contribution in [0.1, 0.15) is 5.69 Å². The molecule has 6 aromatic rings. The summed E-state index contributed by atoms with van der Waals surface area (Å²) < 4.78 is 42.8. The van der Waals surface area contributed by atoms with Gasteiger partial charge < -0.3 is 0 Å². The summed E-state index contributed by atoms with van der Waals surface area (Å²) >= 11 is 0. The van der Waals surface area contributed by atoms with Gasteiger partial charge in [0.05, 0.1) is 5.52 Å². The topological polar surface area (TPSA) is 12.9 Å². The molecule has 1 aromatic heterocycles. The molecule has 0 saturated heterocycles. The number of nitrogens with zero attached hydrogens (tertiary/aromatic N) is 1. The third kappa shape index (κ3) is 3.30. The number of halogens is 3. The first-order valence-corrected chi connectivity index (χ1v) is 11.0. The number of fused-ring (bicyclic) bond motifs is 5. The van der Waals surface area contributed by atoms with Gasteiger partial charge in [-0.1, -0.05) is 91.0 Å². The zero-order chi connectivity index (χ0) is 23.3. The highest BCUT2D eigenvalue weighted by Crippen LogP contribution is 2.43. The third-order valence-electron chi connectivity index (χ3n) is 6.26. The average molecular weight is 449 g/mol. The molecule has 0 fully saturated rings. The van der Waals surface area contributed by atoms with Crippen molar-refractivity contribution in [3.05, 3.63) is 115 Å². The minimum atomic E-state index is -4.58. The Morgan fingerprint density at radius 2 is 1.12 bits per heavy atom. The number of alkyl halides is 3. The highest BCUT2D eigenvalue weighted by molar-refractivity contribution is 6.23. The summed E-state index contributed by atoms with van der Waals surface area (Å²) in [6, 6.07) is 34.1. The Kier molecular flexibility index (Phi) is 4.63. The first-order valence-electron chi connectivity index (χ1n) is 11.0.